The van der Waals surface area contributed by atoms with Crippen LogP contribution in [-0.4, -0.2) is 51.2 Å². The molecule has 1 heterocycles. The van der Waals surface area contributed by atoms with E-state index in [1.54, 1.807) is 58.9 Å². The number of hydrogen-bond acceptors (Lipinski definition) is 5. The van der Waals surface area contributed by atoms with Crippen LogP contribution >= 0.6 is 0 Å². The average molecular weight is 347 g/mol. The number of hydrazone groups is 1. The van der Waals surface area contributed by atoms with Crippen LogP contribution in [0, 0.1) is 5.92 Å². The zero-order chi connectivity index (χ0) is 19.0. The van der Waals surface area contributed by atoms with E-state index >= 15 is 0 Å². The van der Waals surface area contributed by atoms with E-state index in [2.05, 4.69) is 5.10 Å². The van der Waals surface area contributed by atoms with E-state index in [9.17, 15) is 14.8 Å². The molecule has 0 aromatic heterocycles. The highest BCUT2D eigenvalue weighted by Gasteiger charge is 2.59. The summed E-state index contributed by atoms with van der Waals surface area (Å²) in [4.78, 5) is 25.5. The van der Waals surface area contributed by atoms with Gasteiger partial charge in [-0.15, -0.1) is 0 Å². The lowest BCUT2D eigenvalue weighted by Gasteiger charge is -2.39. The molecule has 2 rings (SSSR count). The summed E-state index contributed by atoms with van der Waals surface area (Å²) in [6, 6.07) is 9.02. The van der Waals surface area contributed by atoms with Crippen molar-refractivity contribution in [3.05, 3.63) is 35.9 Å². The summed E-state index contributed by atoms with van der Waals surface area (Å²) in [5.41, 5.74) is -1.51. The lowest BCUT2D eigenvalue weighted by atomic mass is 9.78. The highest BCUT2D eigenvalue weighted by Crippen LogP contribution is 2.36. The van der Waals surface area contributed by atoms with Gasteiger partial charge in [0.25, 0.3) is 5.91 Å². The summed E-state index contributed by atoms with van der Waals surface area (Å²) in [5, 5.41) is 16.6. The Morgan fingerprint density at radius 3 is 2.32 bits per heavy atom. The largest absolute Gasteiger partial charge is 0.442 e. The van der Waals surface area contributed by atoms with E-state index in [-0.39, 0.29) is 0 Å². The number of carbonyl (C=O) groups excluding carboxylic acids is 2. The molecule has 1 aromatic rings. The van der Waals surface area contributed by atoms with E-state index in [1.165, 1.54) is 7.05 Å². The first kappa shape index (κ1) is 18.9. The van der Waals surface area contributed by atoms with Gasteiger partial charge in [0.1, 0.15) is 11.3 Å². The molecule has 7 heteroatoms. The molecule has 2 amide bonds. The second-order valence-electron chi connectivity index (χ2n) is 7.36. The van der Waals surface area contributed by atoms with Crippen molar-refractivity contribution in [2.45, 2.75) is 45.8 Å². The maximum Gasteiger partial charge on any atom is 0.435 e. The Morgan fingerprint density at radius 2 is 1.84 bits per heavy atom. The molecule has 0 saturated carbocycles. The Labute approximate surface area is 147 Å². The van der Waals surface area contributed by atoms with Crippen LogP contribution in [-0.2, 0) is 9.53 Å². The second-order valence-corrected chi connectivity index (χ2v) is 7.36. The van der Waals surface area contributed by atoms with Crippen LogP contribution in [0.15, 0.2) is 35.4 Å². The van der Waals surface area contributed by atoms with Gasteiger partial charge < -0.3 is 4.74 Å². The monoisotopic (exact) mass is 347 g/mol. The topological polar surface area (TPSA) is 82.4 Å². The minimum atomic E-state index is -1.65. The third-order valence-electron chi connectivity index (χ3n) is 4.01. The molecular formula is C18H25N3O4. The van der Waals surface area contributed by atoms with Crippen LogP contribution in [0.25, 0.3) is 0 Å². The molecule has 1 atom stereocenters. The summed E-state index contributed by atoms with van der Waals surface area (Å²) in [6.45, 7) is 8.58. The van der Waals surface area contributed by atoms with Gasteiger partial charge in [-0.25, -0.2) is 9.80 Å². The molecule has 25 heavy (non-hydrogen) atoms. The Kier molecular flexibility index (Phi) is 4.90. The smallest absolute Gasteiger partial charge is 0.435 e. The van der Waals surface area contributed by atoms with Gasteiger partial charge in [-0.1, -0.05) is 44.2 Å². The standard InChI is InChI=1S/C18H25N3O4/c1-12(2)18(21(24)16(23)25-17(3,4)5)14(19-20(6)15(18)22)13-10-8-7-9-11-13/h7-12,24H,1-6H3. The zero-order valence-electron chi connectivity index (χ0n) is 15.5. The van der Waals surface area contributed by atoms with Gasteiger partial charge >= 0.3 is 6.09 Å². The molecular weight excluding hydrogens is 322 g/mol. The van der Waals surface area contributed by atoms with E-state index in [0.29, 0.717) is 16.3 Å². The van der Waals surface area contributed by atoms with Crippen LogP contribution in [0.5, 0.6) is 0 Å². The Balaban J connectivity index is 2.57. The van der Waals surface area contributed by atoms with Crippen molar-refractivity contribution in [3.63, 3.8) is 0 Å². The van der Waals surface area contributed by atoms with Crippen molar-refractivity contribution < 1.29 is 19.5 Å². The lowest BCUT2D eigenvalue weighted by molar-refractivity contribution is -0.171. The first-order valence-electron chi connectivity index (χ1n) is 8.16. The third kappa shape index (κ3) is 3.24. The normalized spacial score (nSPS) is 20.7. The van der Waals surface area contributed by atoms with Crippen LogP contribution in [0.1, 0.15) is 40.2 Å². The minimum Gasteiger partial charge on any atom is -0.442 e. The van der Waals surface area contributed by atoms with Crippen LogP contribution in [0.2, 0.25) is 0 Å². The molecule has 0 fully saturated rings. The average Bonchev–Trinajstić information content (AvgIpc) is 2.79. The maximum absolute atomic E-state index is 13.0. The summed E-state index contributed by atoms with van der Waals surface area (Å²) < 4.78 is 5.27. The molecule has 136 valence electrons. The van der Waals surface area contributed by atoms with E-state index in [0.717, 1.165) is 5.01 Å². The van der Waals surface area contributed by atoms with Gasteiger partial charge in [0.15, 0.2) is 5.54 Å². The Morgan fingerprint density at radius 1 is 1.28 bits per heavy atom. The fraction of sp³-hybridized carbons (Fsp3) is 0.500. The molecule has 1 N–H and O–H groups in total. The molecule has 1 aromatic carbocycles. The molecule has 0 aliphatic carbocycles. The number of ether oxygens (including phenoxy) is 1. The molecule has 1 aliphatic rings. The number of amides is 2. The number of rotatable bonds is 3. The second kappa shape index (κ2) is 6.48. The highest BCUT2D eigenvalue weighted by molar-refractivity contribution is 6.24. The van der Waals surface area contributed by atoms with Crippen molar-refractivity contribution in [3.8, 4) is 0 Å². The van der Waals surface area contributed by atoms with Gasteiger partial charge in [-0.3, -0.25) is 10.0 Å². The third-order valence-corrected chi connectivity index (χ3v) is 4.01. The minimum absolute atomic E-state index is 0.309. The van der Waals surface area contributed by atoms with Gasteiger partial charge in [0.2, 0.25) is 0 Å². The molecule has 0 spiro atoms. The Bertz CT molecular complexity index is 694. The highest BCUT2D eigenvalue weighted by atomic mass is 16.6. The van der Waals surface area contributed by atoms with Crippen molar-refractivity contribution >= 4 is 17.7 Å². The maximum atomic E-state index is 13.0. The summed E-state index contributed by atoms with van der Waals surface area (Å²) in [6.07, 6.45) is -0.992. The van der Waals surface area contributed by atoms with Crippen LogP contribution < -0.4 is 0 Å². The Hall–Kier alpha value is -2.41. The molecule has 0 radical (unpaired) electrons. The van der Waals surface area contributed by atoms with Crippen molar-refractivity contribution in [2.24, 2.45) is 11.0 Å². The predicted octanol–water partition coefficient (Wildman–Crippen LogP) is 2.88. The molecule has 1 aliphatic heterocycles. The molecule has 0 saturated heterocycles. The van der Waals surface area contributed by atoms with Gasteiger partial charge in [0, 0.05) is 12.6 Å². The van der Waals surface area contributed by atoms with E-state index < -0.39 is 29.1 Å². The van der Waals surface area contributed by atoms with Gasteiger partial charge in [-0.2, -0.15) is 10.2 Å². The quantitative estimate of drug-likeness (QED) is 0.673. The number of carbonyl (C=O) groups is 2. The lowest BCUT2D eigenvalue weighted by Crippen LogP contribution is -2.64. The summed E-state index contributed by atoms with van der Waals surface area (Å²) >= 11 is 0. The first-order chi connectivity index (χ1) is 11.5. The summed E-state index contributed by atoms with van der Waals surface area (Å²) in [5.74, 6) is -0.934. The van der Waals surface area contributed by atoms with Gasteiger partial charge in [0.05, 0.1) is 0 Å². The van der Waals surface area contributed by atoms with Crippen molar-refractivity contribution in [1.29, 1.82) is 0 Å². The molecule has 1 unspecified atom stereocenters. The SMILES string of the molecule is CC(C)C1(N(O)C(=O)OC(C)(C)C)C(=O)N(C)N=C1c1ccccc1. The molecule has 0 bridgehead atoms. The van der Waals surface area contributed by atoms with Crippen molar-refractivity contribution in [2.75, 3.05) is 7.05 Å². The fourth-order valence-electron chi connectivity index (χ4n) is 2.90. The fourth-order valence-corrected chi connectivity index (χ4v) is 2.90. The van der Waals surface area contributed by atoms with Crippen LogP contribution in [0.4, 0.5) is 4.79 Å². The predicted molar refractivity (Wildman–Crippen MR) is 93.2 cm³/mol. The number of hydroxylamine groups is 2. The van der Waals surface area contributed by atoms with E-state index in [4.69, 9.17) is 4.74 Å². The van der Waals surface area contributed by atoms with E-state index in [1.807, 2.05) is 6.07 Å². The number of benzene rings is 1. The summed E-state index contributed by atoms with van der Waals surface area (Å²) in [7, 11) is 1.50. The van der Waals surface area contributed by atoms with Gasteiger partial charge in [-0.05, 0) is 26.7 Å². The molecule has 7 nitrogen and oxygen atoms in total. The number of hydrogen-bond donors (Lipinski definition) is 1. The zero-order valence-corrected chi connectivity index (χ0v) is 15.5. The number of nitrogens with zero attached hydrogens (tertiary/aromatic N) is 3. The van der Waals surface area contributed by atoms with Crippen LogP contribution in [0.3, 0.4) is 0 Å². The van der Waals surface area contributed by atoms with Crippen molar-refractivity contribution in [1.82, 2.24) is 10.1 Å². The first-order valence-corrected chi connectivity index (χ1v) is 8.16. The number of likely N-dealkylation sites (N-methyl/N-ethyl adjacent to an activating group) is 1.